The lowest BCUT2D eigenvalue weighted by atomic mass is 9.94. The molecule has 1 aliphatic carbocycles. The van der Waals surface area contributed by atoms with E-state index in [9.17, 15) is 0 Å². The van der Waals surface area contributed by atoms with Crippen LogP contribution in [0.1, 0.15) is 25.0 Å². The van der Waals surface area contributed by atoms with Crippen LogP contribution in [-0.2, 0) is 6.54 Å². The largest absolute Gasteiger partial charge is 0.311 e. The van der Waals surface area contributed by atoms with Crippen LogP contribution in [0.2, 0.25) is 0 Å². The Balaban J connectivity index is 1.65. The van der Waals surface area contributed by atoms with E-state index in [0.29, 0.717) is 0 Å². The third kappa shape index (κ3) is 2.70. The minimum atomic E-state index is 0.822. The van der Waals surface area contributed by atoms with Crippen molar-refractivity contribution in [1.82, 2.24) is 15.5 Å². The molecule has 0 spiro atoms. The van der Waals surface area contributed by atoms with Crippen molar-refractivity contribution >= 4 is 0 Å². The van der Waals surface area contributed by atoms with E-state index < -0.39 is 0 Å². The number of nitrogens with one attached hydrogen (secondary N) is 2. The van der Waals surface area contributed by atoms with Crippen LogP contribution in [0.5, 0.6) is 0 Å². The molecule has 76 valence electrons. The molecule has 0 aromatic carbocycles. The summed E-state index contributed by atoms with van der Waals surface area (Å²) in [5, 5.41) is 10.3. The van der Waals surface area contributed by atoms with Gasteiger partial charge in [0.15, 0.2) is 0 Å². The highest BCUT2D eigenvalue weighted by Gasteiger charge is 2.08. The molecule has 2 N–H and O–H groups in total. The van der Waals surface area contributed by atoms with E-state index in [1.54, 1.807) is 6.20 Å². The van der Waals surface area contributed by atoms with Crippen molar-refractivity contribution in [2.45, 2.75) is 25.8 Å². The molecule has 0 bridgehead atoms. The number of rotatable bonds is 4. The number of hydrogen-bond donors (Lipinski definition) is 2. The van der Waals surface area contributed by atoms with Crippen molar-refractivity contribution in [3.63, 3.8) is 0 Å². The van der Waals surface area contributed by atoms with Gasteiger partial charge in [0, 0.05) is 18.4 Å². The van der Waals surface area contributed by atoms with Crippen molar-refractivity contribution in [3.05, 3.63) is 30.1 Å². The normalized spacial score (nSPS) is 21.3. The zero-order chi connectivity index (χ0) is 9.64. The van der Waals surface area contributed by atoms with Gasteiger partial charge in [0.25, 0.3) is 0 Å². The quantitative estimate of drug-likeness (QED) is 0.713. The smallest absolute Gasteiger partial charge is 0.0490 e. The topological polar surface area (TPSA) is 40.7 Å². The third-order valence-corrected chi connectivity index (χ3v) is 2.68. The van der Waals surface area contributed by atoms with Crippen molar-refractivity contribution in [1.29, 1.82) is 0 Å². The molecule has 1 aromatic heterocycles. The second kappa shape index (κ2) is 4.96. The Kier molecular flexibility index (Phi) is 3.35. The van der Waals surface area contributed by atoms with Gasteiger partial charge in [0.05, 0.1) is 0 Å². The summed E-state index contributed by atoms with van der Waals surface area (Å²) < 4.78 is 0. The first kappa shape index (κ1) is 9.46. The highest BCUT2D eigenvalue weighted by molar-refractivity contribution is 4.97. The Morgan fingerprint density at radius 1 is 1.50 bits per heavy atom. The average molecular weight is 191 g/mol. The zero-order valence-corrected chi connectivity index (χ0v) is 8.37. The van der Waals surface area contributed by atoms with E-state index in [1.807, 2.05) is 6.07 Å². The summed E-state index contributed by atoms with van der Waals surface area (Å²) in [4.78, 5) is 0. The van der Waals surface area contributed by atoms with E-state index in [0.717, 1.165) is 24.7 Å². The maximum Gasteiger partial charge on any atom is 0.0490 e. The van der Waals surface area contributed by atoms with Crippen LogP contribution < -0.4 is 5.32 Å². The van der Waals surface area contributed by atoms with Gasteiger partial charge in [0.1, 0.15) is 0 Å². The summed E-state index contributed by atoms with van der Waals surface area (Å²) in [6.07, 6.45) is 10.2. The summed E-state index contributed by atoms with van der Waals surface area (Å²) in [7, 11) is 0. The predicted molar refractivity (Wildman–Crippen MR) is 56.8 cm³/mol. The predicted octanol–water partition coefficient (Wildman–Crippen LogP) is 1.86. The molecule has 0 aliphatic heterocycles. The molecule has 1 aromatic rings. The highest BCUT2D eigenvalue weighted by atomic mass is 15.1. The summed E-state index contributed by atoms with van der Waals surface area (Å²) in [6, 6.07) is 2.01. The Bertz CT molecular complexity index is 277. The first-order valence-corrected chi connectivity index (χ1v) is 5.29. The fourth-order valence-electron chi connectivity index (χ4n) is 1.84. The number of aromatic nitrogens is 2. The summed E-state index contributed by atoms with van der Waals surface area (Å²) in [5.74, 6) is 0.822. The minimum Gasteiger partial charge on any atom is -0.311 e. The lowest BCUT2D eigenvalue weighted by Gasteiger charge is -2.17. The third-order valence-electron chi connectivity index (χ3n) is 2.68. The molecular weight excluding hydrogens is 174 g/mol. The van der Waals surface area contributed by atoms with E-state index in [2.05, 4.69) is 27.7 Å². The number of nitrogens with zero attached hydrogens (tertiary/aromatic N) is 1. The number of hydrogen-bond acceptors (Lipinski definition) is 2. The molecule has 0 amide bonds. The molecule has 2 rings (SSSR count). The molecule has 3 heteroatoms. The Morgan fingerprint density at radius 3 is 3.21 bits per heavy atom. The van der Waals surface area contributed by atoms with E-state index in [-0.39, 0.29) is 0 Å². The SMILES string of the molecule is C1=CCC(CNCc2ccn[nH]2)CC1. The van der Waals surface area contributed by atoms with Crippen LogP contribution in [0.3, 0.4) is 0 Å². The minimum absolute atomic E-state index is 0.822. The molecule has 1 unspecified atom stereocenters. The highest BCUT2D eigenvalue weighted by Crippen LogP contribution is 2.16. The number of aromatic amines is 1. The van der Waals surface area contributed by atoms with Gasteiger partial charge in [0.2, 0.25) is 0 Å². The molecule has 3 nitrogen and oxygen atoms in total. The van der Waals surface area contributed by atoms with Crippen molar-refractivity contribution < 1.29 is 0 Å². The average Bonchev–Trinajstić information content (AvgIpc) is 2.72. The fourth-order valence-corrected chi connectivity index (χ4v) is 1.84. The number of H-pyrrole nitrogens is 1. The number of allylic oxidation sites excluding steroid dienone is 2. The van der Waals surface area contributed by atoms with Gasteiger partial charge in [-0.25, -0.2) is 0 Å². The molecule has 14 heavy (non-hydrogen) atoms. The van der Waals surface area contributed by atoms with Gasteiger partial charge in [-0.3, -0.25) is 5.10 Å². The van der Waals surface area contributed by atoms with E-state index >= 15 is 0 Å². The molecule has 0 saturated heterocycles. The Hall–Kier alpha value is -1.09. The van der Waals surface area contributed by atoms with Gasteiger partial charge in [-0.05, 0) is 37.8 Å². The lowest BCUT2D eigenvalue weighted by Crippen LogP contribution is -2.23. The first-order valence-electron chi connectivity index (χ1n) is 5.29. The first-order chi connectivity index (χ1) is 6.95. The van der Waals surface area contributed by atoms with Gasteiger partial charge in [-0.1, -0.05) is 12.2 Å². The molecule has 0 fully saturated rings. The van der Waals surface area contributed by atoms with Gasteiger partial charge in [-0.2, -0.15) is 5.10 Å². The Labute approximate surface area is 84.6 Å². The molecular formula is C11H17N3. The lowest BCUT2D eigenvalue weighted by molar-refractivity contribution is 0.439. The van der Waals surface area contributed by atoms with Crippen LogP contribution >= 0.6 is 0 Å². The van der Waals surface area contributed by atoms with Crippen LogP contribution in [-0.4, -0.2) is 16.7 Å². The van der Waals surface area contributed by atoms with E-state index in [4.69, 9.17) is 0 Å². The van der Waals surface area contributed by atoms with Crippen LogP contribution in [0.25, 0.3) is 0 Å². The maximum atomic E-state index is 3.91. The summed E-state index contributed by atoms with van der Waals surface area (Å²) in [5.41, 5.74) is 1.16. The standard InChI is InChI=1S/C11H17N3/c1-2-4-10(5-3-1)8-12-9-11-6-7-13-14-11/h1-2,6-7,10,12H,3-5,8-9H2,(H,13,14). The second-order valence-electron chi connectivity index (χ2n) is 3.86. The molecule has 1 atom stereocenters. The molecule has 0 saturated carbocycles. The Morgan fingerprint density at radius 2 is 2.50 bits per heavy atom. The van der Waals surface area contributed by atoms with Gasteiger partial charge >= 0.3 is 0 Å². The maximum absolute atomic E-state index is 3.91. The van der Waals surface area contributed by atoms with Gasteiger partial charge < -0.3 is 5.32 Å². The van der Waals surface area contributed by atoms with Crippen molar-refractivity contribution in [3.8, 4) is 0 Å². The molecule has 0 radical (unpaired) electrons. The molecule has 1 heterocycles. The monoisotopic (exact) mass is 191 g/mol. The van der Waals surface area contributed by atoms with Gasteiger partial charge in [-0.15, -0.1) is 0 Å². The summed E-state index contributed by atoms with van der Waals surface area (Å²) in [6.45, 7) is 2.02. The molecule has 1 aliphatic rings. The summed E-state index contributed by atoms with van der Waals surface area (Å²) >= 11 is 0. The van der Waals surface area contributed by atoms with Crippen LogP contribution in [0, 0.1) is 5.92 Å². The van der Waals surface area contributed by atoms with E-state index in [1.165, 1.54) is 19.3 Å². The zero-order valence-electron chi connectivity index (χ0n) is 8.37. The van der Waals surface area contributed by atoms with Crippen molar-refractivity contribution in [2.75, 3.05) is 6.54 Å². The van der Waals surface area contributed by atoms with Crippen molar-refractivity contribution in [2.24, 2.45) is 5.92 Å². The second-order valence-corrected chi connectivity index (χ2v) is 3.86. The fraction of sp³-hybridized carbons (Fsp3) is 0.545. The van der Waals surface area contributed by atoms with Crippen LogP contribution in [0.4, 0.5) is 0 Å². The van der Waals surface area contributed by atoms with Crippen LogP contribution in [0.15, 0.2) is 24.4 Å².